The fourth-order valence-electron chi connectivity index (χ4n) is 11.6. The third kappa shape index (κ3) is 70.3. The quantitative estimate of drug-likeness (QED) is 0.0222. The standard InChI is InChI=1S/C76H148O17P2/c1-66(2)52-44-36-28-24-20-16-12-9-10-14-18-22-26-30-40-48-56-73(78)86-62-72(93-76(81)59-51-43-35-33-39-47-55-69(7)8)65-91-95(84,85)89-61-70(77)60-88-94(82,83)90-64-71(63-87-74(79)57-49-41-34-32-38-46-54-68(5)6)92-75(80)58-50-42-31-27-23-19-15-11-13-17-21-25-29-37-45-53-67(3)4/h66-72,77H,9-65H2,1-8H3,(H,82,83)(H,84,85)/t70?,71-,72-/m1/s1. The molecule has 0 aromatic carbocycles. The number of phosphoric acid groups is 2. The molecule has 0 aliphatic rings. The number of carbonyl (C=O) groups excluding carboxylic acids is 4. The van der Waals surface area contributed by atoms with Crippen molar-refractivity contribution < 1.29 is 80.2 Å². The van der Waals surface area contributed by atoms with Gasteiger partial charge >= 0.3 is 39.5 Å². The molecule has 5 atom stereocenters. The van der Waals surface area contributed by atoms with Crippen LogP contribution in [-0.2, 0) is 65.4 Å². The SMILES string of the molecule is CC(C)CCCCCCCCCCCCCCCCCCC(=O)OC[C@H](COP(=O)(O)OCC(O)COP(=O)(O)OC[C@@H](COC(=O)CCCCCCCCC(C)C)OC(=O)CCCCCCCCCCCCCCCCCC(C)C)OC(=O)CCCCCCCCC(C)C. The van der Waals surface area contributed by atoms with Crippen molar-refractivity contribution in [1.29, 1.82) is 0 Å². The van der Waals surface area contributed by atoms with Gasteiger partial charge in [0.2, 0.25) is 0 Å². The van der Waals surface area contributed by atoms with Crippen LogP contribution in [-0.4, -0.2) is 96.7 Å². The van der Waals surface area contributed by atoms with E-state index in [9.17, 15) is 43.2 Å². The number of aliphatic hydroxyl groups is 1. The van der Waals surface area contributed by atoms with Crippen LogP contribution in [0.15, 0.2) is 0 Å². The van der Waals surface area contributed by atoms with Crippen molar-refractivity contribution in [3.8, 4) is 0 Å². The van der Waals surface area contributed by atoms with E-state index < -0.39 is 97.5 Å². The van der Waals surface area contributed by atoms with Crippen LogP contribution in [0, 0.1) is 23.7 Å². The smallest absolute Gasteiger partial charge is 0.462 e. The Morgan fingerprint density at radius 2 is 0.442 bits per heavy atom. The summed E-state index contributed by atoms with van der Waals surface area (Å²) in [6.07, 6.45) is 50.4. The van der Waals surface area contributed by atoms with E-state index in [0.29, 0.717) is 37.5 Å². The Balaban J connectivity index is 5.12. The van der Waals surface area contributed by atoms with Crippen LogP contribution >= 0.6 is 15.6 Å². The van der Waals surface area contributed by atoms with E-state index in [2.05, 4.69) is 55.4 Å². The number of esters is 4. The van der Waals surface area contributed by atoms with E-state index in [1.54, 1.807) is 0 Å². The monoisotopic (exact) mass is 1400 g/mol. The molecule has 95 heavy (non-hydrogen) atoms. The zero-order valence-corrected chi connectivity index (χ0v) is 64.1. The summed E-state index contributed by atoms with van der Waals surface area (Å²) in [5.74, 6) is 0.836. The van der Waals surface area contributed by atoms with Gasteiger partial charge in [-0.05, 0) is 49.4 Å². The van der Waals surface area contributed by atoms with Crippen molar-refractivity contribution in [3.63, 3.8) is 0 Å². The molecule has 3 unspecified atom stereocenters. The fourth-order valence-corrected chi connectivity index (χ4v) is 13.1. The van der Waals surface area contributed by atoms with Gasteiger partial charge in [-0.1, -0.05) is 331 Å². The van der Waals surface area contributed by atoms with Crippen LogP contribution in [0.2, 0.25) is 0 Å². The van der Waals surface area contributed by atoms with Crippen LogP contribution < -0.4 is 0 Å². The third-order valence-electron chi connectivity index (χ3n) is 17.6. The minimum atomic E-state index is -4.95. The van der Waals surface area contributed by atoms with Gasteiger partial charge in [-0.15, -0.1) is 0 Å². The second kappa shape index (κ2) is 65.4. The molecule has 564 valence electrons. The van der Waals surface area contributed by atoms with Crippen LogP contribution in [0.25, 0.3) is 0 Å². The maximum Gasteiger partial charge on any atom is 0.472 e. The van der Waals surface area contributed by atoms with E-state index in [4.69, 9.17) is 37.0 Å². The molecule has 19 heteroatoms. The molecule has 0 spiro atoms. The first-order valence-corrected chi connectivity index (χ1v) is 42.2. The van der Waals surface area contributed by atoms with Gasteiger partial charge in [0.15, 0.2) is 12.2 Å². The first-order chi connectivity index (χ1) is 45.6. The van der Waals surface area contributed by atoms with E-state index in [1.807, 2.05) is 0 Å². The minimum Gasteiger partial charge on any atom is -0.462 e. The predicted molar refractivity (Wildman–Crippen MR) is 386 cm³/mol. The van der Waals surface area contributed by atoms with Gasteiger partial charge in [0, 0.05) is 25.7 Å². The molecule has 17 nitrogen and oxygen atoms in total. The highest BCUT2D eigenvalue weighted by molar-refractivity contribution is 7.47. The summed E-state index contributed by atoms with van der Waals surface area (Å²) in [7, 11) is -9.91. The molecule has 0 heterocycles. The average Bonchev–Trinajstić information content (AvgIpc) is 2.38. The van der Waals surface area contributed by atoms with E-state index in [0.717, 1.165) is 108 Å². The molecule has 0 fully saturated rings. The molecule has 0 aliphatic heterocycles. The highest BCUT2D eigenvalue weighted by atomic mass is 31.2. The predicted octanol–water partition coefficient (Wildman–Crippen LogP) is 22.0. The van der Waals surface area contributed by atoms with E-state index >= 15 is 0 Å². The summed E-state index contributed by atoms with van der Waals surface area (Å²) in [4.78, 5) is 72.7. The van der Waals surface area contributed by atoms with E-state index in [1.165, 1.54) is 180 Å². The number of hydrogen-bond acceptors (Lipinski definition) is 15. The maximum atomic E-state index is 13.0. The lowest BCUT2D eigenvalue weighted by atomic mass is 10.0. The van der Waals surface area contributed by atoms with Crippen molar-refractivity contribution in [3.05, 3.63) is 0 Å². The summed E-state index contributed by atoms with van der Waals surface area (Å²) in [6, 6.07) is 0. The fraction of sp³-hybridized carbons (Fsp3) is 0.947. The van der Waals surface area contributed by atoms with Crippen LogP contribution in [0.5, 0.6) is 0 Å². The van der Waals surface area contributed by atoms with Crippen molar-refractivity contribution >= 4 is 39.5 Å². The number of unbranched alkanes of at least 4 members (excludes halogenated alkanes) is 39. The van der Waals surface area contributed by atoms with Gasteiger partial charge in [-0.2, -0.15) is 0 Å². The van der Waals surface area contributed by atoms with Crippen molar-refractivity contribution in [2.75, 3.05) is 39.6 Å². The van der Waals surface area contributed by atoms with E-state index in [-0.39, 0.29) is 25.7 Å². The molecule has 0 saturated carbocycles. The van der Waals surface area contributed by atoms with Gasteiger partial charge < -0.3 is 33.8 Å². The minimum absolute atomic E-state index is 0.102. The first-order valence-electron chi connectivity index (χ1n) is 39.2. The molecule has 0 aromatic heterocycles. The number of aliphatic hydroxyl groups excluding tert-OH is 1. The first kappa shape index (κ1) is 93.1. The second-order valence-electron chi connectivity index (χ2n) is 29.3. The number of ether oxygens (including phenoxy) is 4. The molecular weight excluding hydrogens is 1250 g/mol. The zero-order chi connectivity index (χ0) is 70.3. The summed E-state index contributed by atoms with van der Waals surface area (Å²) in [5, 5.41) is 10.6. The van der Waals surface area contributed by atoms with Crippen LogP contribution in [0.3, 0.4) is 0 Å². The third-order valence-corrected chi connectivity index (χ3v) is 19.5. The summed E-state index contributed by atoms with van der Waals surface area (Å²) >= 11 is 0. The maximum absolute atomic E-state index is 13.0. The molecule has 0 radical (unpaired) electrons. The van der Waals surface area contributed by atoms with Gasteiger partial charge in [-0.25, -0.2) is 9.13 Å². The molecule has 0 rings (SSSR count). The molecule has 3 N–H and O–H groups in total. The summed E-state index contributed by atoms with van der Waals surface area (Å²) in [6.45, 7) is 14.1. The Morgan fingerprint density at radius 3 is 0.653 bits per heavy atom. The Morgan fingerprint density at radius 1 is 0.263 bits per heavy atom. The van der Waals surface area contributed by atoms with Gasteiger partial charge in [0.25, 0.3) is 0 Å². The summed E-state index contributed by atoms with van der Waals surface area (Å²) in [5.41, 5.74) is 0. The largest absolute Gasteiger partial charge is 0.472 e. The Kier molecular flexibility index (Phi) is 64.0. The molecule has 0 amide bonds. The average molecular weight is 1400 g/mol. The Bertz CT molecular complexity index is 1870. The van der Waals surface area contributed by atoms with Crippen LogP contribution in [0.4, 0.5) is 0 Å². The number of phosphoric ester groups is 2. The van der Waals surface area contributed by atoms with Crippen molar-refractivity contribution in [2.24, 2.45) is 23.7 Å². The molecular formula is C76H148O17P2. The Hall–Kier alpha value is -1.94. The summed E-state index contributed by atoms with van der Waals surface area (Å²) < 4.78 is 68.4. The second-order valence-corrected chi connectivity index (χ2v) is 32.2. The zero-order valence-electron chi connectivity index (χ0n) is 62.3. The Labute approximate surface area is 581 Å². The number of carbonyl (C=O) groups is 4. The molecule has 0 aliphatic carbocycles. The highest BCUT2D eigenvalue weighted by Gasteiger charge is 2.30. The highest BCUT2D eigenvalue weighted by Crippen LogP contribution is 2.45. The number of hydrogen-bond donors (Lipinski definition) is 3. The van der Waals surface area contributed by atoms with Gasteiger partial charge in [0.05, 0.1) is 26.4 Å². The topological polar surface area (TPSA) is 237 Å². The lowest BCUT2D eigenvalue weighted by Gasteiger charge is -2.21. The lowest BCUT2D eigenvalue weighted by molar-refractivity contribution is -0.161. The molecule has 0 saturated heterocycles. The normalized spacial score (nSPS) is 14.1. The van der Waals surface area contributed by atoms with Crippen molar-refractivity contribution in [2.45, 2.75) is 401 Å². The molecule has 0 bridgehead atoms. The van der Waals surface area contributed by atoms with Crippen LogP contribution in [0.1, 0.15) is 383 Å². The molecule has 0 aromatic rings. The number of rotatable bonds is 73. The van der Waals surface area contributed by atoms with Crippen molar-refractivity contribution in [1.82, 2.24) is 0 Å². The van der Waals surface area contributed by atoms with Gasteiger partial charge in [-0.3, -0.25) is 37.3 Å². The van der Waals surface area contributed by atoms with Gasteiger partial charge in [0.1, 0.15) is 19.3 Å². The lowest BCUT2D eigenvalue weighted by Crippen LogP contribution is -2.30.